The molecule has 0 aliphatic heterocycles. The number of rotatable bonds is 6. The van der Waals surface area contributed by atoms with Crippen LogP contribution in [0.25, 0.3) is 0 Å². The van der Waals surface area contributed by atoms with Gasteiger partial charge in [0, 0.05) is 6.54 Å². The van der Waals surface area contributed by atoms with Crippen molar-refractivity contribution in [1.82, 2.24) is 5.32 Å². The van der Waals surface area contributed by atoms with Crippen molar-refractivity contribution in [3.8, 4) is 0 Å². The van der Waals surface area contributed by atoms with E-state index in [1.54, 1.807) is 12.1 Å². The molecule has 0 heterocycles. The van der Waals surface area contributed by atoms with E-state index in [0.717, 1.165) is 12.1 Å². The quantitative estimate of drug-likeness (QED) is 0.777. The molecule has 0 radical (unpaired) electrons. The predicted molar refractivity (Wildman–Crippen MR) is 65.5 cm³/mol. The Morgan fingerprint density at radius 2 is 2.12 bits per heavy atom. The number of nitrogens with one attached hydrogen (secondary N) is 1. The largest absolute Gasteiger partial charge is 0.330 e. The second-order valence-corrected chi connectivity index (χ2v) is 4.50. The third kappa shape index (κ3) is 4.29. The third-order valence-electron chi connectivity index (χ3n) is 2.87. The molecule has 3 N–H and O–H groups in total. The van der Waals surface area contributed by atoms with E-state index in [-0.39, 0.29) is 5.82 Å². The minimum atomic E-state index is -0.182. The van der Waals surface area contributed by atoms with Gasteiger partial charge in [-0.2, -0.15) is 0 Å². The van der Waals surface area contributed by atoms with Gasteiger partial charge in [0.25, 0.3) is 0 Å². The molecule has 0 fully saturated rings. The summed E-state index contributed by atoms with van der Waals surface area (Å²) in [6, 6.07) is 6.66. The molecular formula is C13H21FN2. The molecule has 1 unspecified atom stereocenters. The summed E-state index contributed by atoms with van der Waals surface area (Å²) in [5, 5.41) is 3.31. The molecule has 0 aliphatic carbocycles. The van der Waals surface area contributed by atoms with Gasteiger partial charge in [0.1, 0.15) is 5.82 Å². The van der Waals surface area contributed by atoms with Crippen LogP contribution < -0.4 is 11.1 Å². The van der Waals surface area contributed by atoms with Crippen LogP contribution in [0.15, 0.2) is 24.3 Å². The highest BCUT2D eigenvalue weighted by molar-refractivity contribution is 5.15. The third-order valence-corrected chi connectivity index (χ3v) is 2.87. The first-order valence-electron chi connectivity index (χ1n) is 5.78. The summed E-state index contributed by atoms with van der Waals surface area (Å²) in [4.78, 5) is 0. The Hall–Kier alpha value is -0.930. The average molecular weight is 224 g/mol. The molecule has 1 rings (SSSR count). The van der Waals surface area contributed by atoms with Gasteiger partial charge in [0.15, 0.2) is 0 Å². The van der Waals surface area contributed by atoms with E-state index in [9.17, 15) is 4.39 Å². The van der Waals surface area contributed by atoms with Gasteiger partial charge in [-0.3, -0.25) is 0 Å². The summed E-state index contributed by atoms with van der Waals surface area (Å²) in [5.74, 6) is 0.872. The van der Waals surface area contributed by atoms with Crippen molar-refractivity contribution in [3.63, 3.8) is 0 Å². The van der Waals surface area contributed by atoms with Crippen LogP contribution in [0.5, 0.6) is 0 Å². The van der Waals surface area contributed by atoms with Crippen LogP contribution in [-0.2, 0) is 6.54 Å². The van der Waals surface area contributed by atoms with Crippen LogP contribution in [0.1, 0.15) is 19.4 Å². The summed E-state index contributed by atoms with van der Waals surface area (Å²) in [5.41, 5.74) is 6.65. The summed E-state index contributed by atoms with van der Waals surface area (Å²) >= 11 is 0. The van der Waals surface area contributed by atoms with E-state index in [0.29, 0.717) is 24.9 Å². The lowest BCUT2D eigenvalue weighted by molar-refractivity contribution is 0.370. The van der Waals surface area contributed by atoms with Crippen molar-refractivity contribution < 1.29 is 4.39 Å². The number of hydrogen-bond acceptors (Lipinski definition) is 2. The standard InChI is InChI=1S/C13H21FN2/c1-10(2)12(7-15)9-16-8-11-4-3-5-13(14)6-11/h3-6,10,12,16H,7-9,15H2,1-2H3. The highest BCUT2D eigenvalue weighted by Gasteiger charge is 2.10. The minimum absolute atomic E-state index is 0.182. The lowest BCUT2D eigenvalue weighted by Gasteiger charge is -2.19. The van der Waals surface area contributed by atoms with Gasteiger partial charge in [-0.05, 0) is 42.6 Å². The van der Waals surface area contributed by atoms with Gasteiger partial charge in [0.05, 0.1) is 0 Å². The molecule has 90 valence electrons. The molecule has 0 aromatic heterocycles. The van der Waals surface area contributed by atoms with Crippen molar-refractivity contribution in [1.29, 1.82) is 0 Å². The maximum atomic E-state index is 12.9. The zero-order chi connectivity index (χ0) is 12.0. The van der Waals surface area contributed by atoms with Gasteiger partial charge in [-0.1, -0.05) is 26.0 Å². The molecule has 0 saturated carbocycles. The molecular weight excluding hydrogens is 203 g/mol. The van der Waals surface area contributed by atoms with E-state index in [4.69, 9.17) is 5.73 Å². The molecule has 2 nitrogen and oxygen atoms in total. The van der Waals surface area contributed by atoms with Crippen LogP contribution in [0, 0.1) is 17.7 Å². The number of benzene rings is 1. The fourth-order valence-electron chi connectivity index (χ4n) is 1.64. The lowest BCUT2D eigenvalue weighted by atomic mass is 9.96. The summed E-state index contributed by atoms with van der Waals surface area (Å²) in [7, 11) is 0. The number of nitrogens with two attached hydrogens (primary N) is 1. The molecule has 1 aromatic carbocycles. The second kappa shape index (κ2) is 6.61. The van der Waals surface area contributed by atoms with Gasteiger partial charge in [-0.15, -0.1) is 0 Å². The van der Waals surface area contributed by atoms with Crippen molar-refractivity contribution in [3.05, 3.63) is 35.6 Å². The molecule has 0 bridgehead atoms. The van der Waals surface area contributed by atoms with E-state index in [1.807, 2.05) is 6.07 Å². The van der Waals surface area contributed by atoms with Gasteiger partial charge in [0.2, 0.25) is 0 Å². The van der Waals surface area contributed by atoms with E-state index in [2.05, 4.69) is 19.2 Å². The molecule has 3 heteroatoms. The van der Waals surface area contributed by atoms with Gasteiger partial charge >= 0.3 is 0 Å². The molecule has 0 saturated heterocycles. The topological polar surface area (TPSA) is 38.0 Å². The van der Waals surface area contributed by atoms with Crippen LogP contribution >= 0.6 is 0 Å². The van der Waals surface area contributed by atoms with Crippen molar-refractivity contribution in [2.24, 2.45) is 17.6 Å². The van der Waals surface area contributed by atoms with Crippen molar-refractivity contribution in [2.75, 3.05) is 13.1 Å². The van der Waals surface area contributed by atoms with E-state index >= 15 is 0 Å². The fourth-order valence-corrected chi connectivity index (χ4v) is 1.64. The SMILES string of the molecule is CC(C)C(CN)CNCc1cccc(F)c1. The van der Waals surface area contributed by atoms with Crippen molar-refractivity contribution >= 4 is 0 Å². The normalized spacial score (nSPS) is 13.1. The van der Waals surface area contributed by atoms with E-state index in [1.165, 1.54) is 6.07 Å². The molecule has 1 atom stereocenters. The smallest absolute Gasteiger partial charge is 0.123 e. The zero-order valence-corrected chi connectivity index (χ0v) is 10.0. The predicted octanol–water partition coefficient (Wildman–Crippen LogP) is 2.15. The Balaban J connectivity index is 2.35. The first-order chi connectivity index (χ1) is 7.63. The Morgan fingerprint density at radius 1 is 1.38 bits per heavy atom. The van der Waals surface area contributed by atoms with E-state index < -0.39 is 0 Å². The molecule has 0 aliphatic rings. The van der Waals surface area contributed by atoms with Crippen LogP contribution in [-0.4, -0.2) is 13.1 Å². The monoisotopic (exact) mass is 224 g/mol. The highest BCUT2D eigenvalue weighted by Crippen LogP contribution is 2.08. The molecule has 0 spiro atoms. The number of hydrogen-bond donors (Lipinski definition) is 2. The summed E-state index contributed by atoms with van der Waals surface area (Å²) in [6.45, 7) is 6.60. The van der Waals surface area contributed by atoms with Crippen LogP contribution in [0.4, 0.5) is 4.39 Å². The summed E-state index contributed by atoms with van der Waals surface area (Å²) in [6.07, 6.45) is 0. The first kappa shape index (κ1) is 13.1. The maximum absolute atomic E-state index is 12.9. The maximum Gasteiger partial charge on any atom is 0.123 e. The molecule has 1 aromatic rings. The van der Waals surface area contributed by atoms with Gasteiger partial charge < -0.3 is 11.1 Å². The Bertz CT molecular complexity index is 313. The van der Waals surface area contributed by atoms with Crippen molar-refractivity contribution in [2.45, 2.75) is 20.4 Å². The Kier molecular flexibility index (Phi) is 5.43. The highest BCUT2D eigenvalue weighted by atomic mass is 19.1. The number of halogens is 1. The summed E-state index contributed by atoms with van der Waals surface area (Å²) < 4.78 is 12.9. The molecule has 0 amide bonds. The van der Waals surface area contributed by atoms with Crippen LogP contribution in [0.2, 0.25) is 0 Å². The second-order valence-electron chi connectivity index (χ2n) is 4.50. The fraction of sp³-hybridized carbons (Fsp3) is 0.538. The van der Waals surface area contributed by atoms with Gasteiger partial charge in [-0.25, -0.2) is 4.39 Å². The Labute approximate surface area is 97.0 Å². The molecule has 16 heavy (non-hydrogen) atoms. The lowest BCUT2D eigenvalue weighted by Crippen LogP contribution is -2.31. The first-order valence-corrected chi connectivity index (χ1v) is 5.78. The minimum Gasteiger partial charge on any atom is -0.330 e. The average Bonchev–Trinajstić information content (AvgIpc) is 2.24. The van der Waals surface area contributed by atoms with Crippen LogP contribution in [0.3, 0.4) is 0 Å². The Morgan fingerprint density at radius 3 is 2.69 bits per heavy atom. The zero-order valence-electron chi connectivity index (χ0n) is 10.0.